The Bertz CT molecular complexity index is 532. The minimum absolute atomic E-state index is 0.583. The molecule has 0 aliphatic heterocycles. The van der Waals surface area contributed by atoms with Gasteiger partial charge in [0, 0.05) is 7.05 Å². The number of hydrogen-bond donors (Lipinski definition) is 2. The molecule has 4 nitrogen and oxygen atoms in total. The van der Waals surface area contributed by atoms with Crippen LogP contribution < -0.4 is 0 Å². The number of rotatable bonds is 0. The van der Waals surface area contributed by atoms with Crippen LogP contribution in [0.1, 0.15) is 0 Å². The molecule has 0 spiro atoms. The maximum absolute atomic E-state index is 5.14. The summed E-state index contributed by atoms with van der Waals surface area (Å²) in [5.74, 6) is 0. The number of fused-ring (bicyclic) bond motifs is 1. The van der Waals surface area contributed by atoms with E-state index in [0.717, 1.165) is 5.52 Å². The van der Waals surface area contributed by atoms with Crippen LogP contribution in [-0.2, 0) is 7.05 Å². The third kappa shape index (κ3) is 0.919. The summed E-state index contributed by atoms with van der Waals surface area (Å²) in [6.07, 6.45) is 1.59. The van der Waals surface area contributed by atoms with Gasteiger partial charge in [0.25, 0.3) is 0 Å². The zero-order valence-corrected chi connectivity index (χ0v) is 7.92. The first kappa shape index (κ1) is 7.63. The van der Waals surface area contributed by atoms with Crippen molar-refractivity contribution in [2.45, 2.75) is 0 Å². The Morgan fingerprint density at radius 3 is 3.00 bits per heavy atom. The Kier molecular flexibility index (Phi) is 1.59. The zero-order valence-electron chi connectivity index (χ0n) is 6.29. The van der Waals surface area contributed by atoms with Crippen LogP contribution in [0.5, 0.6) is 0 Å². The highest BCUT2D eigenvalue weighted by atomic mass is 32.1. The lowest BCUT2D eigenvalue weighted by Crippen LogP contribution is -1.97. The van der Waals surface area contributed by atoms with Gasteiger partial charge in [-0.05, 0) is 12.2 Å². The average Bonchev–Trinajstić information content (AvgIpc) is 2.48. The molecule has 2 aromatic heterocycles. The summed E-state index contributed by atoms with van der Waals surface area (Å²) in [4.78, 5) is 9.91. The van der Waals surface area contributed by atoms with Crippen molar-refractivity contribution in [2.75, 3.05) is 0 Å². The number of aromatic amines is 2. The standard InChI is InChI=1S/C6H6N4S2/c1-10-5(11)3-4(8-2-7-3)9-6(10)12/h2H,1H3,(H,7,8)(H,9,12). The van der Waals surface area contributed by atoms with Gasteiger partial charge in [-0.3, -0.25) is 0 Å². The van der Waals surface area contributed by atoms with E-state index < -0.39 is 0 Å². The molecular weight excluding hydrogens is 192 g/mol. The highest BCUT2D eigenvalue weighted by molar-refractivity contribution is 7.72. The van der Waals surface area contributed by atoms with Gasteiger partial charge in [-0.15, -0.1) is 0 Å². The molecule has 0 aliphatic rings. The molecule has 0 saturated carbocycles. The van der Waals surface area contributed by atoms with Gasteiger partial charge in [0.15, 0.2) is 10.4 Å². The van der Waals surface area contributed by atoms with Gasteiger partial charge in [-0.25, -0.2) is 4.98 Å². The molecule has 0 aliphatic carbocycles. The van der Waals surface area contributed by atoms with Crippen LogP contribution in [0.3, 0.4) is 0 Å². The van der Waals surface area contributed by atoms with Crippen molar-refractivity contribution in [1.82, 2.24) is 19.5 Å². The number of imidazole rings is 1. The van der Waals surface area contributed by atoms with E-state index in [1.807, 2.05) is 7.05 Å². The van der Waals surface area contributed by atoms with E-state index in [9.17, 15) is 0 Å². The minimum Gasteiger partial charge on any atom is -0.341 e. The number of aromatic nitrogens is 4. The van der Waals surface area contributed by atoms with Gasteiger partial charge in [0.2, 0.25) is 0 Å². The first-order valence-corrected chi connectivity index (χ1v) is 4.14. The number of H-pyrrole nitrogens is 2. The molecule has 2 aromatic rings. The van der Waals surface area contributed by atoms with Crippen LogP contribution in [0.2, 0.25) is 0 Å². The van der Waals surface area contributed by atoms with Crippen LogP contribution in [-0.4, -0.2) is 19.5 Å². The Balaban J connectivity index is 3.16. The average molecular weight is 198 g/mol. The van der Waals surface area contributed by atoms with Crippen LogP contribution in [0, 0.1) is 9.41 Å². The Labute approximate surface area is 78.3 Å². The molecule has 6 heteroatoms. The van der Waals surface area contributed by atoms with E-state index in [0.29, 0.717) is 15.1 Å². The second-order valence-corrected chi connectivity index (χ2v) is 3.19. The summed E-state index contributed by atoms with van der Waals surface area (Å²) in [5, 5.41) is 0. The van der Waals surface area contributed by atoms with E-state index in [1.54, 1.807) is 10.9 Å². The largest absolute Gasteiger partial charge is 0.341 e. The molecule has 0 aromatic carbocycles. The summed E-state index contributed by atoms with van der Waals surface area (Å²) in [7, 11) is 1.82. The Morgan fingerprint density at radius 1 is 1.50 bits per heavy atom. The van der Waals surface area contributed by atoms with Crippen LogP contribution in [0.4, 0.5) is 0 Å². The molecule has 2 heterocycles. The first-order chi connectivity index (χ1) is 5.70. The molecule has 2 rings (SSSR count). The van der Waals surface area contributed by atoms with Crippen molar-refractivity contribution in [3.63, 3.8) is 0 Å². The van der Waals surface area contributed by atoms with Crippen molar-refractivity contribution in [1.29, 1.82) is 0 Å². The van der Waals surface area contributed by atoms with Crippen molar-refractivity contribution >= 4 is 35.6 Å². The van der Waals surface area contributed by atoms with E-state index in [2.05, 4.69) is 15.0 Å². The smallest absolute Gasteiger partial charge is 0.179 e. The summed E-state index contributed by atoms with van der Waals surface area (Å²) >= 11 is 10.2. The van der Waals surface area contributed by atoms with Gasteiger partial charge in [-0.2, -0.15) is 0 Å². The second-order valence-electron chi connectivity index (χ2n) is 2.42. The minimum atomic E-state index is 0.583. The van der Waals surface area contributed by atoms with Crippen molar-refractivity contribution in [3.05, 3.63) is 15.7 Å². The summed E-state index contributed by atoms with van der Waals surface area (Å²) in [6, 6.07) is 0. The molecule has 0 fully saturated rings. The summed E-state index contributed by atoms with van der Waals surface area (Å²) in [6.45, 7) is 0. The summed E-state index contributed by atoms with van der Waals surface area (Å²) in [5.41, 5.74) is 1.53. The van der Waals surface area contributed by atoms with Crippen molar-refractivity contribution in [2.24, 2.45) is 7.05 Å². The van der Waals surface area contributed by atoms with E-state index in [-0.39, 0.29) is 0 Å². The second kappa shape index (κ2) is 2.49. The number of nitrogens with zero attached hydrogens (tertiary/aromatic N) is 2. The van der Waals surface area contributed by atoms with Gasteiger partial charge in [0.05, 0.1) is 6.33 Å². The Morgan fingerprint density at radius 2 is 2.25 bits per heavy atom. The molecule has 0 unspecified atom stereocenters. The van der Waals surface area contributed by atoms with Gasteiger partial charge in [0.1, 0.15) is 10.2 Å². The van der Waals surface area contributed by atoms with Crippen LogP contribution in [0.25, 0.3) is 11.2 Å². The molecule has 0 atom stereocenters. The molecule has 2 N–H and O–H groups in total. The molecule has 0 amide bonds. The molecule has 62 valence electrons. The molecule has 0 saturated heterocycles. The number of hydrogen-bond acceptors (Lipinski definition) is 3. The fraction of sp³-hybridized carbons (Fsp3) is 0.167. The van der Waals surface area contributed by atoms with E-state index >= 15 is 0 Å². The maximum Gasteiger partial charge on any atom is 0.179 e. The fourth-order valence-electron chi connectivity index (χ4n) is 0.997. The zero-order chi connectivity index (χ0) is 8.72. The molecular formula is C6H6N4S2. The van der Waals surface area contributed by atoms with Gasteiger partial charge >= 0.3 is 0 Å². The first-order valence-electron chi connectivity index (χ1n) is 3.32. The SMILES string of the molecule is Cn1c(=S)[nH]c2nc[nH]c2c1=S. The highest BCUT2D eigenvalue weighted by Gasteiger charge is 1.99. The van der Waals surface area contributed by atoms with Gasteiger partial charge < -0.3 is 14.5 Å². The molecule has 0 radical (unpaired) electrons. The topological polar surface area (TPSA) is 49.4 Å². The quantitative estimate of drug-likeness (QED) is 0.633. The van der Waals surface area contributed by atoms with Crippen LogP contribution in [0.15, 0.2) is 6.33 Å². The van der Waals surface area contributed by atoms with E-state index in [1.165, 1.54) is 0 Å². The fourth-order valence-corrected chi connectivity index (χ4v) is 1.49. The predicted octanol–water partition coefficient (Wildman–Crippen LogP) is 1.69. The molecule has 12 heavy (non-hydrogen) atoms. The predicted molar refractivity (Wildman–Crippen MR) is 51.1 cm³/mol. The summed E-state index contributed by atoms with van der Waals surface area (Å²) < 4.78 is 2.98. The Hall–Kier alpha value is -1.01. The lowest BCUT2D eigenvalue weighted by Gasteiger charge is -1.98. The number of nitrogens with one attached hydrogen (secondary N) is 2. The normalized spacial score (nSPS) is 10.8. The highest BCUT2D eigenvalue weighted by Crippen LogP contribution is 2.06. The van der Waals surface area contributed by atoms with Gasteiger partial charge in [-0.1, -0.05) is 12.2 Å². The lowest BCUT2D eigenvalue weighted by atomic mass is 10.5. The van der Waals surface area contributed by atoms with Crippen LogP contribution >= 0.6 is 24.4 Å². The maximum atomic E-state index is 5.14. The third-order valence-electron chi connectivity index (χ3n) is 1.69. The van der Waals surface area contributed by atoms with E-state index in [4.69, 9.17) is 24.4 Å². The van der Waals surface area contributed by atoms with Crippen molar-refractivity contribution in [3.8, 4) is 0 Å². The monoisotopic (exact) mass is 198 g/mol. The lowest BCUT2D eigenvalue weighted by molar-refractivity contribution is 0.843. The third-order valence-corrected chi connectivity index (χ3v) is 2.54. The molecule has 0 bridgehead atoms. The van der Waals surface area contributed by atoms with Crippen molar-refractivity contribution < 1.29 is 0 Å².